The molecule has 1 N–H and O–H groups in total. The van der Waals surface area contributed by atoms with Crippen molar-refractivity contribution < 1.29 is 23.4 Å². The molecule has 2 heterocycles. The fraction of sp³-hybridized carbons (Fsp3) is 0.350. The summed E-state index contributed by atoms with van der Waals surface area (Å²) < 4.78 is 30.2. The fourth-order valence-electron chi connectivity index (χ4n) is 3.29. The molecule has 136 valence electrons. The van der Waals surface area contributed by atoms with E-state index in [0.717, 1.165) is 17.7 Å². The van der Waals surface area contributed by atoms with Gasteiger partial charge in [-0.2, -0.15) is 0 Å². The highest BCUT2D eigenvalue weighted by molar-refractivity contribution is 5.94. The summed E-state index contributed by atoms with van der Waals surface area (Å²) in [6, 6.07) is 11.2. The summed E-state index contributed by atoms with van der Waals surface area (Å²) >= 11 is 0. The van der Waals surface area contributed by atoms with E-state index in [0.29, 0.717) is 37.6 Å². The quantitative estimate of drug-likeness (QED) is 0.914. The van der Waals surface area contributed by atoms with Gasteiger partial charge >= 0.3 is 0 Å². The summed E-state index contributed by atoms with van der Waals surface area (Å²) in [6.07, 6.45) is 1.17. The van der Waals surface area contributed by atoms with Crippen LogP contribution in [0.1, 0.15) is 22.3 Å². The number of carbonyl (C=O) groups excluding carboxylic acids is 1. The number of hydrogen-bond acceptors (Lipinski definition) is 4. The van der Waals surface area contributed by atoms with Crippen LogP contribution >= 0.6 is 0 Å². The lowest BCUT2D eigenvalue weighted by atomic mass is 10.0. The molecule has 6 heteroatoms. The lowest BCUT2D eigenvalue weighted by Crippen LogP contribution is -2.51. The Kier molecular flexibility index (Phi) is 4.75. The maximum absolute atomic E-state index is 13.4. The molecule has 0 bridgehead atoms. The van der Waals surface area contributed by atoms with Gasteiger partial charge in [0.15, 0.2) is 0 Å². The Morgan fingerprint density at radius 2 is 2.12 bits per heavy atom. The zero-order valence-corrected chi connectivity index (χ0v) is 14.2. The van der Waals surface area contributed by atoms with Crippen LogP contribution in [0.5, 0.6) is 11.5 Å². The minimum Gasteiger partial charge on any atom is -0.493 e. The van der Waals surface area contributed by atoms with Crippen LogP contribution in [0.15, 0.2) is 42.5 Å². The van der Waals surface area contributed by atoms with Crippen molar-refractivity contribution in [1.29, 1.82) is 0 Å². The molecular weight excluding hydrogens is 337 g/mol. The second-order valence-electron chi connectivity index (χ2n) is 6.48. The second-order valence-corrected chi connectivity index (χ2v) is 6.48. The zero-order chi connectivity index (χ0) is 17.9. The number of halogens is 1. The lowest BCUT2D eigenvalue weighted by molar-refractivity contribution is -0.00297. The van der Waals surface area contributed by atoms with Crippen molar-refractivity contribution in [3.8, 4) is 11.5 Å². The van der Waals surface area contributed by atoms with Crippen LogP contribution in [0.2, 0.25) is 0 Å². The number of nitrogens with one attached hydrogen (secondary N) is 1. The molecule has 5 nitrogen and oxygen atoms in total. The van der Waals surface area contributed by atoms with Gasteiger partial charge in [-0.15, -0.1) is 0 Å². The smallest absolute Gasteiger partial charge is 0.251 e. The lowest BCUT2D eigenvalue weighted by Gasteiger charge is -2.32. The number of amides is 1. The molecule has 2 aliphatic heterocycles. The fourth-order valence-corrected chi connectivity index (χ4v) is 3.29. The molecule has 2 aromatic carbocycles. The summed E-state index contributed by atoms with van der Waals surface area (Å²) in [5.41, 5.74) is 1.63. The summed E-state index contributed by atoms with van der Waals surface area (Å²) in [5.74, 6) is 0.763. The number of hydrogen-bond donors (Lipinski definition) is 1. The molecule has 0 unspecified atom stereocenters. The minimum atomic E-state index is -0.351. The SMILES string of the molecule is O=C(N[C@@H]1COCC[C@@H]1Oc1cccc(F)c1)c1ccc2c(c1)CCO2. The maximum atomic E-state index is 13.4. The average molecular weight is 357 g/mol. The van der Waals surface area contributed by atoms with E-state index < -0.39 is 0 Å². The van der Waals surface area contributed by atoms with E-state index in [4.69, 9.17) is 14.2 Å². The van der Waals surface area contributed by atoms with Crippen molar-refractivity contribution in [2.24, 2.45) is 0 Å². The van der Waals surface area contributed by atoms with Gasteiger partial charge in [-0.1, -0.05) is 6.07 Å². The number of fused-ring (bicyclic) bond motifs is 1. The van der Waals surface area contributed by atoms with Crippen LogP contribution in [0.25, 0.3) is 0 Å². The number of benzene rings is 2. The second kappa shape index (κ2) is 7.33. The predicted octanol–water partition coefficient (Wildman–Crippen LogP) is 2.73. The Hall–Kier alpha value is -2.60. The van der Waals surface area contributed by atoms with E-state index in [1.165, 1.54) is 12.1 Å². The molecule has 0 radical (unpaired) electrons. The molecule has 2 atom stereocenters. The Labute approximate surface area is 151 Å². The van der Waals surface area contributed by atoms with Crippen LogP contribution in [-0.2, 0) is 11.2 Å². The van der Waals surface area contributed by atoms with Crippen LogP contribution < -0.4 is 14.8 Å². The van der Waals surface area contributed by atoms with Gasteiger partial charge in [-0.25, -0.2) is 4.39 Å². The molecule has 1 saturated heterocycles. The van der Waals surface area contributed by atoms with E-state index in [9.17, 15) is 9.18 Å². The van der Waals surface area contributed by atoms with E-state index in [1.54, 1.807) is 18.2 Å². The zero-order valence-electron chi connectivity index (χ0n) is 14.2. The van der Waals surface area contributed by atoms with Gasteiger partial charge in [-0.05, 0) is 35.9 Å². The Balaban J connectivity index is 1.45. The molecule has 0 spiro atoms. The van der Waals surface area contributed by atoms with E-state index in [2.05, 4.69) is 5.32 Å². The normalized spacial score (nSPS) is 21.6. The van der Waals surface area contributed by atoms with Gasteiger partial charge in [0.2, 0.25) is 0 Å². The van der Waals surface area contributed by atoms with Crippen molar-refractivity contribution in [3.05, 3.63) is 59.4 Å². The van der Waals surface area contributed by atoms with Crippen LogP contribution in [0.4, 0.5) is 4.39 Å². The number of ether oxygens (including phenoxy) is 3. The van der Waals surface area contributed by atoms with Crippen LogP contribution in [0, 0.1) is 5.82 Å². The van der Waals surface area contributed by atoms with Crippen LogP contribution in [-0.4, -0.2) is 37.9 Å². The van der Waals surface area contributed by atoms with Gasteiger partial charge < -0.3 is 19.5 Å². The monoisotopic (exact) mass is 357 g/mol. The minimum absolute atomic E-state index is 0.178. The maximum Gasteiger partial charge on any atom is 0.251 e. The van der Waals surface area contributed by atoms with Gasteiger partial charge in [-0.3, -0.25) is 4.79 Å². The molecule has 26 heavy (non-hydrogen) atoms. The largest absolute Gasteiger partial charge is 0.493 e. The van der Waals surface area contributed by atoms with Gasteiger partial charge in [0, 0.05) is 24.5 Å². The topological polar surface area (TPSA) is 56.8 Å². The van der Waals surface area contributed by atoms with Crippen molar-refractivity contribution in [2.75, 3.05) is 19.8 Å². The molecule has 0 aromatic heterocycles. The molecular formula is C20H20FNO4. The third-order valence-corrected chi connectivity index (χ3v) is 4.64. The van der Waals surface area contributed by atoms with Crippen molar-refractivity contribution in [1.82, 2.24) is 5.32 Å². The first-order valence-electron chi connectivity index (χ1n) is 8.75. The highest BCUT2D eigenvalue weighted by Crippen LogP contribution is 2.26. The molecule has 4 rings (SSSR count). The molecule has 2 aromatic rings. The van der Waals surface area contributed by atoms with Crippen molar-refractivity contribution >= 4 is 5.91 Å². The molecule has 0 aliphatic carbocycles. The molecule has 1 fully saturated rings. The first-order chi connectivity index (χ1) is 12.7. The van der Waals surface area contributed by atoms with E-state index in [1.807, 2.05) is 12.1 Å². The summed E-state index contributed by atoms with van der Waals surface area (Å²) in [6.45, 7) is 1.56. The third-order valence-electron chi connectivity index (χ3n) is 4.64. The van der Waals surface area contributed by atoms with Crippen molar-refractivity contribution in [3.63, 3.8) is 0 Å². The van der Waals surface area contributed by atoms with E-state index >= 15 is 0 Å². The Bertz CT molecular complexity index is 810. The summed E-state index contributed by atoms with van der Waals surface area (Å²) in [5, 5.41) is 2.99. The molecule has 0 saturated carbocycles. The van der Waals surface area contributed by atoms with Crippen molar-refractivity contribution in [2.45, 2.75) is 25.0 Å². The van der Waals surface area contributed by atoms with Gasteiger partial charge in [0.05, 0.1) is 25.9 Å². The summed E-state index contributed by atoms with van der Waals surface area (Å²) in [7, 11) is 0. The Morgan fingerprint density at radius 3 is 3.00 bits per heavy atom. The predicted molar refractivity (Wildman–Crippen MR) is 93.1 cm³/mol. The van der Waals surface area contributed by atoms with E-state index in [-0.39, 0.29) is 23.9 Å². The molecule has 2 aliphatic rings. The van der Waals surface area contributed by atoms with Gasteiger partial charge in [0.25, 0.3) is 5.91 Å². The standard InChI is InChI=1S/C20H20FNO4/c21-15-2-1-3-16(11-15)26-19-7-8-24-12-17(19)22-20(23)14-4-5-18-13(10-14)6-9-25-18/h1-5,10-11,17,19H,6-9,12H2,(H,22,23)/t17-,19+/m1/s1. The molecule has 1 amide bonds. The summed E-state index contributed by atoms with van der Waals surface area (Å²) in [4.78, 5) is 12.6. The average Bonchev–Trinajstić information content (AvgIpc) is 3.11. The van der Waals surface area contributed by atoms with Crippen LogP contribution in [0.3, 0.4) is 0 Å². The first-order valence-corrected chi connectivity index (χ1v) is 8.75. The number of carbonyl (C=O) groups is 1. The number of rotatable bonds is 4. The highest BCUT2D eigenvalue weighted by atomic mass is 19.1. The first kappa shape index (κ1) is 16.8. The highest BCUT2D eigenvalue weighted by Gasteiger charge is 2.29. The third kappa shape index (κ3) is 3.65. The van der Waals surface area contributed by atoms with Gasteiger partial charge in [0.1, 0.15) is 23.4 Å². The Morgan fingerprint density at radius 1 is 1.19 bits per heavy atom.